The summed E-state index contributed by atoms with van der Waals surface area (Å²) in [4.78, 5) is 4.26. The Balaban J connectivity index is 0.00000320. The van der Waals surface area contributed by atoms with E-state index < -0.39 is 0 Å². The van der Waals surface area contributed by atoms with Gasteiger partial charge in [0, 0.05) is 19.7 Å². The van der Waals surface area contributed by atoms with Gasteiger partial charge in [0.1, 0.15) is 12.4 Å². The summed E-state index contributed by atoms with van der Waals surface area (Å²) in [5.74, 6) is 2.68. The van der Waals surface area contributed by atoms with Gasteiger partial charge in [0.05, 0.1) is 12.2 Å². The quantitative estimate of drug-likeness (QED) is 0.252. The first kappa shape index (κ1) is 23.7. The molecular weight excluding hydrogens is 491 g/mol. The van der Waals surface area contributed by atoms with Crippen molar-refractivity contribution in [3.05, 3.63) is 83.2 Å². The van der Waals surface area contributed by atoms with E-state index in [1.54, 1.807) is 7.05 Å². The molecule has 0 fully saturated rings. The number of benzene rings is 2. The summed E-state index contributed by atoms with van der Waals surface area (Å²) in [6, 6.07) is 20.2. The molecular formula is C23H29IN4O2. The monoisotopic (exact) mass is 520 g/mol. The average molecular weight is 520 g/mol. The molecule has 6 nitrogen and oxygen atoms in total. The molecule has 0 bridgehead atoms. The molecule has 0 atom stereocenters. The summed E-state index contributed by atoms with van der Waals surface area (Å²) in [5, 5.41) is 10.6. The molecule has 3 aromatic rings. The first-order chi connectivity index (χ1) is 14.1. The van der Waals surface area contributed by atoms with Crippen LogP contribution in [0.15, 0.2) is 70.2 Å². The molecule has 160 valence electrons. The SMILES string of the molecule is CN=C(NCc1cccc(OCc2ccccc2)c1)NCc1cc(C(C)C)no1.I. The molecule has 2 aromatic carbocycles. The topological polar surface area (TPSA) is 71.7 Å². The summed E-state index contributed by atoms with van der Waals surface area (Å²) < 4.78 is 11.3. The zero-order valence-electron chi connectivity index (χ0n) is 17.6. The van der Waals surface area contributed by atoms with E-state index in [-0.39, 0.29) is 24.0 Å². The predicted octanol–water partition coefficient (Wildman–Crippen LogP) is 4.86. The van der Waals surface area contributed by atoms with Crippen LogP contribution in [-0.4, -0.2) is 18.2 Å². The van der Waals surface area contributed by atoms with Gasteiger partial charge in [-0.3, -0.25) is 4.99 Å². The fraction of sp³-hybridized carbons (Fsp3) is 0.304. The van der Waals surface area contributed by atoms with Crippen LogP contribution in [-0.2, 0) is 19.7 Å². The van der Waals surface area contributed by atoms with Gasteiger partial charge in [-0.05, 0) is 29.2 Å². The van der Waals surface area contributed by atoms with Crippen molar-refractivity contribution < 1.29 is 9.26 Å². The number of hydrogen-bond acceptors (Lipinski definition) is 4. The van der Waals surface area contributed by atoms with Gasteiger partial charge in [0.2, 0.25) is 0 Å². The van der Waals surface area contributed by atoms with Crippen LogP contribution in [0.3, 0.4) is 0 Å². The molecule has 1 heterocycles. The fourth-order valence-corrected chi connectivity index (χ4v) is 2.75. The van der Waals surface area contributed by atoms with Crippen LogP contribution >= 0.6 is 24.0 Å². The number of ether oxygens (including phenoxy) is 1. The van der Waals surface area contributed by atoms with Gasteiger partial charge in [0.15, 0.2) is 11.7 Å². The zero-order valence-corrected chi connectivity index (χ0v) is 19.9. The predicted molar refractivity (Wildman–Crippen MR) is 130 cm³/mol. The van der Waals surface area contributed by atoms with E-state index in [1.165, 1.54) is 0 Å². The lowest BCUT2D eigenvalue weighted by Crippen LogP contribution is -2.36. The third-order valence-electron chi connectivity index (χ3n) is 4.43. The number of halogens is 1. The Morgan fingerprint density at radius 1 is 1.00 bits per heavy atom. The molecule has 7 heteroatoms. The number of guanidine groups is 1. The summed E-state index contributed by atoms with van der Waals surface area (Å²) in [5.41, 5.74) is 3.21. The molecule has 3 rings (SSSR count). The summed E-state index contributed by atoms with van der Waals surface area (Å²) in [6.45, 7) is 5.90. The first-order valence-electron chi connectivity index (χ1n) is 9.79. The number of nitrogens with one attached hydrogen (secondary N) is 2. The van der Waals surface area contributed by atoms with Gasteiger partial charge < -0.3 is 19.9 Å². The molecule has 0 aliphatic carbocycles. The minimum absolute atomic E-state index is 0. The average Bonchev–Trinajstić information content (AvgIpc) is 3.23. The van der Waals surface area contributed by atoms with Gasteiger partial charge in [-0.25, -0.2) is 0 Å². The Morgan fingerprint density at radius 3 is 2.43 bits per heavy atom. The van der Waals surface area contributed by atoms with E-state index in [0.29, 0.717) is 31.6 Å². The number of aliphatic imine (C=N–C) groups is 1. The van der Waals surface area contributed by atoms with E-state index in [0.717, 1.165) is 28.3 Å². The maximum absolute atomic E-state index is 5.90. The van der Waals surface area contributed by atoms with E-state index in [1.807, 2.05) is 42.5 Å². The maximum Gasteiger partial charge on any atom is 0.191 e. The Morgan fingerprint density at radius 2 is 1.73 bits per heavy atom. The van der Waals surface area contributed by atoms with Crippen molar-refractivity contribution in [3.8, 4) is 5.75 Å². The molecule has 0 radical (unpaired) electrons. The number of rotatable bonds is 8. The van der Waals surface area contributed by atoms with Crippen molar-refractivity contribution in [2.45, 2.75) is 39.5 Å². The molecule has 0 saturated carbocycles. The number of aromatic nitrogens is 1. The molecule has 30 heavy (non-hydrogen) atoms. The van der Waals surface area contributed by atoms with E-state index in [9.17, 15) is 0 Å². The van der Waals surface area contributed by atoms with Crippen LogP contribution in [0.4, 0.5) is 0 Å². The third-order valence-corrected chi connectivity index (χ3v) is 4.43. The highest BCUT2D eigenvalue weighted by atomic mass is 127. The lowest BCUT2D eigenvalue weighted by atomic mass is 10.1. The molecule has 0 saturated heterocycles. The van der Waals surface area contributed by atoms with Crippen LogP contribution in [0.25, 0.3) is 0 Å². The van der Waals surface area contributed by atoms with Crippen LogP contribution in [0.5, 0.6) is 5.75 Å². The third kappa shape index (κ3) is 7.37. The largest absolute Gasteiger partial charge is 0.489 e. The van der Waals surface area contributed by atoms with Crippen molar-refractivity contribution in [1.82, 2.24) is 15.8 Å². The molecule has 0 amide bonds. The lowest BCUT2D eigenvalue weighted by Gasteiger charge is -2.12. The van der Waals surface area contributed by atoms with Crippen LogP contribution in [0, 0.1) is 0 Å². The Kier molecular flexibility index (Phi) is 9.66. The van der Waals surface area contributed by atoms with Crippen molar-refractivity contribution >= 4 is 29.9 Å². The summed E-state index contributed by atoms with van der Waals surface area (Å²) in [6.07, 6.45) is 0. The second-order valence-corrected chi connectivity index (χ2v) is 7.07. The van der Waals surface area contributed by atoms with Crippen molar-refractivity contribution in [1.29, 1.82) is 0 Å². The second-order valence-electron chi connectivity index (χ2n) is 7.07. The lowest BCUT2D eigenvalue weighted by molar-refractivity contribution is 0.306. The van der Waals surface area contributed by atoms with Crippen LogP contribution in [0.2, 0.25) is 0 Å². The standard InChI is InChI=1S/C23H28N4O2.HI/c1-17(2)22-13-21(29-27-22)15-26-23(24-3)25-14-19-10-7-11-20(12-19)28-16-18-8-5-4-6-9-18;/h4-13,17H,14-16H2,1-3H3,(H2,24,25,26);1H. The summed E-state index contributed by atoms with van der Waals surface area (Å²) in [7, 11) is 1.74. The van der Waals surface area contributed by atoms with Crippen molar-refractivity contribution in [3.63, 3.8) is 0 Å². The highest BCUT2D eigenvalue weighted by Gasteiger charge is 2.08. The maximum atomic E-state index is 5.90. The van der Waals surface area contributed by atoms with Gasteiger partial charge in [-0.2, -0.15) is 0 Å². The molecule has 0 spiro atoms. The number of nitrogens with zero attached hydrogens (tertiary/aromatic N) is 2. The smallest absolute Gasteiger partial charge is 0.191 e. The van der Waals surface area contributed by atoms with E-state index in [2.05, 4.69) is 52.8 Å². The minimum atomic E-state index is 0. The van der Waals surface area contributed by atoms with Gasteiger partial charge in [-0.1, -0.05) is 61.5 Å². The normalized spacial score (nSPS) is 11.1. The Bertz CT molecular complexity index is 926. The van der Waals surface area contributed by atoms with E-state index in [4.69, 9.17) is 9.26 Å². The van der Waals surface area contributed by atoms with Crippen molar-refractivity contribution in [2.75, 3.05) is 7.05 Å². The van der Waals surface area contributed by atoms with Gasteiger partial charge in [-0.15, -0.1) is 24.0 Å². The van der Waals surface area contributed by atoms with Crippen molar-refractivity contribution in [2.24, 2.45) is 4.99 Å². The van der Waals surface area contributed by atoms with Gasteiger partial charge >= 0.3 is 0 Å². The summed E-state index contributed by atoms with van der Waals surface area (Å²) >= 11 is 0. The Labute approximate surface area is 195 Å². The second kappa shape index (κ2) is 12.2. The molecule has 0 aliphatic rings. The molecule has 0 aliphatic heterocycles. The highest BCUT2D eigenvalue weighted by molar-refractivity contribution is 14.0. The zero-order chi connectivity index (χ0) is 20.5. The van der Waals surface area contributed by atoms with Crippen LogP contribution in [0.1, 0.15) is 42.3 Å². The number of hydrogen-bond donors (Lipinski definition) is 2. The van der Waals surface area contributed by atoms with Gasteiger partial charge in [0.25, 0.3) is 0 Å². The van der Waals surface area contributed by atoms with Crippen LogP contribution < -0.4 is 15.4 Å². The highest BCUT2D eigenvalue weighted by Crippen LogP contribution is 2.16. The Hall–Kier alpha value is -2.55. The molecule has 1 aromatic heterocycles. The minimum Gasteiger partial charge on any atom is -0.489 e. The molecule has 2 N–H and O–H groups in total. The van der Waals surface area contributed by atoms with E-state index >= 15 is 0 Å². The fourth-order valence-electron chi connectivity index (χ4n) is 2.75. The first-order valence-corrected chi connectivity index (χ1v) is 9.79. The molecule has 0 unspecified atom stereocenters.